The number of hydrogen-bond acceptors (Lipinski definition) is 2. The number of fused-ring (bicyclic) bond motifs is 2. The molecule has 0 heterocycles. The highest BCUT2D eigenvalue weighted by atomic mass is 16.3. The van der Waals surface area contributed by atoms with Crippen LogP contribution >= 0.6 is 0 Å². The molecular formula is C17H23NO. The molecule has 0 radical (unpaired) electrons. The topological polar surface area (TPSA) is 32.3 Å². The van der Waals surface area contributed by atoms with Crippen LogP contribution in [0.1, 0.15) is 31.4 Å². The maximum Gasteiger partial charge on any atom is 0.0626 e. The van der Waals surface area contributed by atoms with Crippen LogP contribution in [-0.4, -0.2) is 17.8 Å². The fourth-order valence-electron chi connectivity index (χ4n) is 3.78. The number of hydrogen-bond donors (Lipinski definition) is 2. The Balaban J connectivity index is 1.65. The van der Waals surface area contributed by atoms with E-state index in [1.54, 1.807) is 0 Å². The highest BCUT2D eigenvalue weighted by Crippen LogP contribution is 2.45. The van der Waals surface area contributed by atoms with E-state index in [0.29, 0.717) is 6.04 Å². The monoisotopic (exact) mass is 257 g/mol. The molecule has 5 atom stereocenters. The molecule has 0 amide bonds. The molecule has 2 aliphatic rings. The van der Waals surface area contributed by atoms with Crippen LogP contribution in [0.3, 0.4) is 0 Å². The van der Waals surface area contributed by atoms with Gasteiger partial charge < -0.3 is 10.4 Å². The number of aliphatic hydroxyl groups is 1. The first-order valence-corrected chi connectivity index (χ1v) is 7.38. The average Bonchev–Trinajstić information content (AvgIpc) is 3.08. The van der Waals surface area contributed by atoms with E-state index >= 15 is 0 Å². The van der Waals surface area contributed by atoms with Crippen molar-refractivity contribution in [2.24, 2.45) is 17.8 Å². The Morgan fingerprint density at radius 2 is 2.00 bits per heavy atom. The average molecular weight is 257 g/mol. The van der Waals surface area contributed by atoms with Gasteiger partial charge in [0.1, 0.15) is 0 Å². The van der Waals surface area contributed by atoms with Gasteiger partial charge in [-0.15, -0.1) is 0 Å². The second kappa shape index (κ2) is 5.48. The van der Waals surface area contributed by atoms with Crippen molar-refractivity contribution in [1.29, 1.82) is 0 Å². The summed E-state index contributed by atoms with van der Waals surface area (Å²) >= 11 is 0. The minimum absolute atomic E-state index is 0.0549. The molecular weight excluding hydrogens is 234 g/mol. The number of rotatable bonds is 5. The smallest absolute Gasteiger partial charge is 0.0626 e. The highest BCUT2D eigenvalue weighted by molar-refractivity contribution is 5.19. The number of nitrogens with one attached hydrogen (secondary N) is 1. The van der Waals surface area contributed by atoms with Crippen LogP contribution in [-0.2, 0) is 0 Å². The molecule has 2 nitrogen and oxygen atoms in total. The summed E-state index contributed by atoms with van der Waals surface area (Å²) in [5.41, 5.74) is 1.18. The summed E-state index contributed by atoms with van der Waals surface area (Å²) in [6, 6.07) is 10.8. The molecule has 2 N–H and O–H groups in total. The zero-order valence-corrected chi connectivity index (χ0v) is 11.5. The first-order chi connectivity index (χ1) is 9.28. The molecule has 1 aromatic carbocycles. The van der Waals surface area contributed by atoms with Gasteiger partial charge in [-0.2, -0.15) is 0 Å². The van der Waals surface area contributed by atoms with Crippen LogP contribution in [0.4, 0.5) is 0 Å². The van der Waals surface area contributed by atoms with Crippen molar-refractivity contribution in [1.82, 2.24) is 5.32 Å². The van der Waals surface area contributed by atoms with E-state index in [4.69, 9.17) is 0 Å². The molecule has 3 rings (SSSR count). The third kappa shape index (κ3) is 2.60. The minimum atomic E-state index is 0.0549. The molecule has 0 spiro atoms. The normalized spacial score (nSPS) is 31.6. The third-order valence-electron chi connectivity index (χ3n) is 4.82. The third-order valence-corrected chi connectivity index (χ3v) is 4.82. The molecule has 1 aromatic rings. The standard InChI is InChI=1S/C17H23NO/c1-12(16-10-13-7-8-15(16)9-13)18-17(11-19)14-5-3-2-4-6-14/h2-8,12-13,15-19H,9-11H2,1H3/t12?,13?,15?,16?,17-/m0/s1. The van der Waals surface area contributed by atoms with Crippen LogP contribution in [0.5, 0.6) is 0 Å². The summed E-state index contributed by atoms with van der Waals surface area (Å²) in [5.74, 6) is 2.29. The summed E-state index contributed by atoms with van der Waals surface area (Å²) in [5, 5.41) is 13.3. The molecule has 19 heavy (non-hydrogen) atoms. The summed E-state index contributed by atoms with van der Waals surface area (Å²) in [6.45, 7) is 2.43. The van der Waals surface area contributed by atoms with Gasteiger partial charge in [-0.1, -0.05) is 42.5 Å². The molecule has 1 fully saturated rings. The lowest BCUT2D eigenvalue weighted by Crippen LogP contribution is -2.39. The van der Waals surface area contributed by atoms with Crippen molar-refractivity contribution < 1.29 is 5.11 Å². The lowest BCUT2D eigenvalue weighted by molar-refractivity contribution is 0.212. The Morgan fingerprint density at radius 3 is 2.58 bits per heavy atom. The maximum absolute atomic E-state index is 9.63. The highest BCUT2D eigenvalue weighted by Gasteiger charge is 2.38. The van der Waals surface area contributed by atoms with Gasteiger partial charge in [-0.3, -0.25) is 0 Å². The second-order valence-electron chi connectivity index (χ2n) is 6.05. The summed E-state index contributed by atoms with van der Waals surface area (Å²) in [4.78, 5) is 0. The van der Waals surface area contributed by atoms with Crippen molar-refractivity contribution in [2.45, 2.75) is 31.8 Å². The second-order valence-corrected chi connectivity index (χ2v) is 6.05. The van der Waals surface area contributed by atoms with Crippen molar-refractivity contribution >= 4 is 0 Å². The predicted molar refractivity (Wildman–Crippen MR) is 77.7 cm³/mol. The molecule has 2 heteroatoms. The Hall–Kier alpha value is -1.12. The quantitative estimate of drug-likeness (QED) is 0.795. The number of allylic oxidation sites excluding steroid dienone is 2. The Kier molecular flexibility index (Phi) is 3.72. The van der Waals surface area contributed by atoms with E-state index in [1.807, 2.05) is 18.2 Å². The van der Waals surface area contributed by atoms with Crippen LogP contribution in [0.15, 0.2) is 42.5 Å². The molecule has 102 valence electrons. The van der Waals surface area contributed by atoms with Crippen LogP contribution < -0.4 is 5.32 Å². The van der Waals surface area contributed by atoms with Gasteiger partial charge in [0.05, 0.1) is 12.6 Å². The summed E-state index contributed by atoms with van der Waals surface area (Å²) in [6.07, 6.45) is 7.43. The van der Waals surface area contributed by atoms with Gasteiger partial charge in [-0.25, -0.2) is 0 Å². The van der Waals surface area contributed by atoms with Crippen molar-refractivity contribution in [3.63, 3.8) is 0 Å². The zero-order valence-electron chi connectivity index (χ0n) is 11.5. The lowest BCUT2D eigenvalue weighted by Gasteiger charge is -2.30. The summed E-state index contributed by atoms with van der Waals surface area (Å²) in [7, 11) is 0. The summed E-state index contributed by atoms with van der Waals surface area (Å²) < 4.78 is 0. The van der Waals surface area contributed by atoms with E-state index in [0.717, 1.165) is 17.8 Å². The Bertz CT molecular complexity index is 442. The van der Waals surface area contributed by atoms with Gasteiger partial charge in [0, 0.05) is 6.04 Å². The predicted octanol–water partition coefficient (Wildman–Crippen LogP) is 2.91. The van der Waals surface area contributed by atoms with Crippen molar-refractivity contribution in [3.8, 4) is 0 Å². The van der Waals surface area contributed by atoms with Gasteiger partial charge in [0.15, 0.2) is 0 Å². The van der Waals surface area contributed by atoms with Gasteiger partial charge in [0.2, 0.25) is 0 Å². The molecule has 0 aromatic heterocycles. The fourth-order valence-corrected chi connectivity index (χ4v) is 3.78. The first-order valence-electron chi connectivity index (χ1n) is 7.38. The maximum atomic E-state index is 9.63. The van der Waals surface area contributed by atoms with E-state index in [1.165, 1.54) is 18.4 Å². The fraction of sp³-hybridized carbons (Fsp3) is 0.529. The largest absolute Gasteiger partial charge is 0.394 e. The van der Waals surface area contributed by atoms with Crippen molar-refractivity contribution in [2.75, 3.05) is 6.61 Å². The van der Waals surface area contributed by atoms with Crippen LogP contribution in [0, 0.1) is 17.8 Å². The van der Waals surface area contributed by atoms with Crippen molar-refractivity contribution in [3.05, 3.63) is 48.0 Å². The first kappa shape index (κ1) is 12.9. The van der Waals surface area contributed by atoms with Gasteiger partial charge >= 0.3 is 0 Å². The molecule has 2 bridgehead atoms. The number of aliphatic hydroxyl groups excluding tert-OH is 1. The van der Waals surface area contributed by atoms with Gasteiger partial charge in [0.25, 0.3) is 0 Å². The SMILES string of the molecule is CC(N[C@@H](CO)c1ccccc1)C1CC2C=CC1C2. The van der Waals surface area contributed by atoms with Gasteiger partial charge in [-0.05, 0) is 43.1 Å². The van der Waals surface area contributed by atoms with Crippen LogP contribution in [0.2, 0.25) is 0 Å². The van der Waals surface area contributed by atoms with E-state index in [2.05, 4.69) is 36.5 Å². The van der Waals surface area contributed by atoms with E-state index < -0.39 is 0 Å². The van der Waals surface area contributed by atoms with E-state index in [9.17, 15) is 5.11 Å². The van der Waals surface area contributed by atoms with Crippen LogP contribution in [0.25, 0.3) is 0 Å². The lowest BCUT2D eigenvalue weighted by atomic mass is 9.87. The molecule has 2 aliphatic carbocycles. The minimum Gasteiger partial charge on any atom is -0.394 e. The Morgan fingerprint density at radius 1 is 1.21 bits per heavy atom. The Labute approximate surface area is 115 Å². The molecule has 0 saturated heterocycles. The van der Waals surface area contributed by atoms with E-state index in [-0.39, 0.29) is 12.6 Å². The zero-order chi connectivity index (χ0) is 13.2. The number of benzene rings is 1. The molecule has 1 saturated carbocycles. The molecule has 4 unspecified atom stereocenters. The molecule has 0 aliphatic heterocycles.